The summed E-state index contributed by atoms with van der Waals surface area (Å²) in [6.07, 6.45) is 6.57. The Hall–Kier alpha value is -1.62. The van der Waals surface area contributed by atoms with Crippen molar-refractivity contribution in [2.24, 2.45) is 0 Å². The number of benzene rings is 1. The lowest BCUT2D eigenvalue weighted by atomic mass is 9.95. The van der Waals surface area contributed by atoms with Crippen LogP contribution in [0.1, 0.15) is 32.1 Å². The van der Waals surface area contributed by atoms with Crippen molar-refractivity contribution in [3.8, 4) is 0 Å². The zero-order chi connectivity index (χ0) is 13.7. The Balaban J connectivity index is 1.82. The molecular formula is C14H21N3O2. The number of nitro groups is 1. The van der Waals surface area contributed by atoms with Gasteiger partial charge in [0.2, 0.25) is 0 Å². The Morgan fingerprint density at radius 1 is 1.26 bits per heavy atom. The highest BCUT2D eigenvalue weighted by atomic mass is 16.6. The molecule has 1 aromatic rings. The molecule has 0 atom stereocenters. The molecule has 5 heteroatoms. The van der Waals surface area contributed by atoms with E-state index < -0.39 is 0 Å². The van der Waals surface area contributed by atoms with Gasteiger partial charge in [-0.05, 0) is 32.0 Å². The number of rotatable bonds is 5. The number of nitrogens with one attached hydrogen (secondary N) is 1. The molecule has 1 N–H and O–H groups in total. The number of non-ortho nitro benzene ring substituents is 1. The molecule has 0 aromatic heterocycles. The van der Waals surface area contributed by atoms with Crippen molar-refractivity contribution in [1.29, 1.82) is 0 Å². The van der Waals surface area contributed by atoms with Gasteiger partial charge in [-0.3, -0.25) is 15.0 Å². The molecule has 0 unspecified atom stereocenters. The van der Waals surface area contributed by atoms with E-state index in [1.165, 1.54) is 44.2 Å². The van der Waals surface area contributed by atoms with Gasteiger partial charge in [-0.15, -0.1) is 0 Å². The number of hydrogen-bond donors (Lipinski definition) is 1. The molecule has 104 valence electrons. The molecule has 1 aromatic carbocycles. The molecule has 0 amide bonds. The van der Waals surface area contributed by atoms with Gasteiger partial charge < -0.3 is 5.32 Å². The zero-order valence-corrected chi connectivity index (χ0v) is 11.3. The predicted octanol–water partition coefficient (Wildman–Crippen LogP) is 3.23. The van der Waals surface area contributed by atoms with Crippen LogP contribution in [0.2, 0.25) is 0 Å². The minimum absolute atomic E-state index is 0.131. The van der Waals surface area contributed by atoms with E-state index in [2.05, 4.69) is 17.3 Å². The summed E-state index contributed by atoms with van der Waals surface area (Å²) in [5.74, 6) is 0. The normalized spacial score (nSPS) is 16.5. The molecule has 0 spiro atoms. The van der Waals surface area contributed by atoms with Crippen LogP contribution in [0.25, 0.3) is 0 Å². The van der Waals surface area contributed by atoms with Crippen LogP contribution in [-0.4, -0.2) is 29.6 Å². The summed E-state index contributed by atoms with van der Waals surface area (Å²) in [5, 5.41) is 13.9. The highest BCUT2D eigenvalue weighted by molar-refractivity contribution is 5.48. The molecule has 0 bridgehead atoms. The molecule has 1 aliphatic carbocycles. The first-order chi connectivity index (χ1) is 9.16. The van der Waals surface area contributed by atoms with Gasteiger partial charge in [0.25, 0.3) is 5.69 Å². The monoisotopic (exact) mass is 263 g/mol. The van der Waals surface area contributed by atoms with E-state index in [1.54, 1.807) is 12.1 Å². The molecular weight excluding hydrogens is 242 g/mol. The van der Waals surface area contributed by atoms with Crippen LogP contribution in [0.4, 0.5) is 11.4 Å². The summed E-state index contributed by atoms with van der Waals surface area (Å²) < 4.78 is 0. The second kappa shape index (κ2) is 6.52. The van der Waals surface area contributed by atoms with Gasteiger partial charge in [-0.2, -0.15) is 0 Å². The fourth-order valence-electron chi connectivity index (χ4n) is 2.57. The van der Waals surface area contributed by atoms with Crippen molar-refractivity contribution < 1.29 is 4.92 Å². The Bertz CT molecular complexity index is 413. The molecule has 19 heavy (non-hydrogen) atoms. The summed E-state index contributed by atoms with van der Waals surface area (Å²) in [6, 6.07) is 7.24. The van der Waals surface area contributed by atoms with Crippen molar-refractivity contribution in [2.45, 2.75) is 38.1 Å². The van der Waals surface area contributed by atoms with E-state index in [0.29, 0.717) is 6.04 Å². The minimum Gasteiger partial charge on any atom is -0.372 e. The highest BCUT2D eigenvalue weighted by Gasteiger charge is 2.17. The van der Waals surface area contributed by atoms with E-state index in [4.69, 9.17) is 0 Å². The predicted molar refractivity (Wildman–Crippen MR) is 76.2 cm³/mol. The van der Waals surface area contributed by atoms with Crippen LogP contribution < -0.4 is 5.32 Å². The number of anilines is 1. The lowest BCUT2D eigenvalue weighted by Gasteiger charge is -2.31. The maximum Gasteiger partial charge on any atom is 0.269 e. The topological polar surface area (TPSA) is 58.4 Å². The summed E-state index contributed by atoms with van der Waals surface area (Å²) in [7, 11) is 2.13. The fraction of sp³-hybridized carbons (Fsp3) is 0.571. The zero-order valence-electron chi connectivity index (χ0n) is 11.3. The van der Waals surface area contributed by atoms with Crippen LogP contribution in [0, 0.1) is 10.1 Å². The summed E-state index contributed by atoms with van der Waals surface area (Å²) in [4.78, 5) is 12.5. The largest absolute Gasteiger partial charge is 0.372 e. The maximum atomic E-state index is 10.6. The Morgan fingerprint density at radius 3 is 2.47 bits per heavy atom. The van der Waals surface area contributed by atoms with Crippen LogP contribution in [0.5, 0.6) is 0 Å². The Kier molecular flexibility index (Phi) is 4.74. The summed E-state index contributed by atoms with van der Waals surface area (Å²) in [6.45, 7) is 0.780. The molecule has 1 fully saturated rings. The molecule has 2 rings (SSSR count). The van der Waals surface area contributed by atoms with E-state index in [9.17, 15) is 10.1 Å². The van der Waals surface area contributed by atoms with Gasteiger partial charge in [0.05, 0.1) is 11.6 Å². The lowest BCUT2D eigenvalue weighted by Crippen LogP contribution is -2.36. The molecule has 1 saturated carbocycles. The highest BCUT2D eigenvalue weighted by Crippen LogP contribution is 2.22. The fourth-order valence-corrected chi connectivity index (χ4v) is 2.57. The smallest absolute Gasteiger partial charge is 0.269 e. The van der Waals surface area contributed by atoms with Crippen LogP contribution in [0.3, 0.4) is 0 Å². The van der Waals surface area contributed by atoms with E-state index in [-0.39, 0.29) is 10.6 Å². The van der Waals surface area contributed by atoms with Gasteiger partial charge in [0, 0.05) is 23.9 Å². The molecule has 0 saturated heterocycles. The molecule has 0 aliphatic heterocycles. The molecule has 0 radical (unpaired) electrons. The third kappa shape index (κ3) is 3.92. The first kappa shape index (κ1) is 13.8. The number of nitro benzene ring substituents is 1. The quantitative estimate of drug-likeness (QED) is 0.503. The molecule has 0 heterocycles. The number of hydrogen-bond acceptors (Lipinski definition) is 4. The number of nitrogens with zero attached hydrogens (tertiary/aromatic N) is 2. The standard InChI is InChI=1S/C14H21N3O2/c1-16(13-5-3-2-4-6-13)11-15-12-7-9-14(10-8-12)17(18)19/h7-10,13,15H,2-6,11H2,1H3. The van der Waals surface area contributed by atoms with Crippen molar-refractivity contribution in [1.82, 2.24) is 4.90 Å². The van der Waals surface area contributed by atoms with Crippen LogP contribution in [0.15, 0.2) is 24.3 Å². The Morgan fingerprint density at radius 2 is 1.89 bits per heavy atom. The molecule has 5 nitrogen and oxygen atoms in total. The first-order valence-corrected chi connectivity index (χ1v) is 6.85. The average Bonchev–Trinajstić information content (AvgIpc) is 2.46. The third-order valence-electron chi connectivity index (χ3n) is 3.81. The summed E-state index contributed by atoms with van der Waals surface area (Å²) in [5.41, 5.74) is 1.06. The second-order valence-electron chi connectivity index (χ2n) is 5.19. The van der Waals surface area contributed by atoms with Crippen LogP contribution in [-0.2, 0) is 0 Å². The minimum atomic E-state index is -0.377. The lowest BCUT2D eigenvalue weighted by molar-refractivity contribution is -0.384. The van der Waals surface area contributed by atoms with Crippen LogP contribution >= 0.6 is 0 Å². The Labute approximate surface area is 113 Å². The van der Waals surface area contributed by atoms with Crippen molar-refractivity contribution in [3.05, 3.63) is 34.4 Å². The van der Waals surface area contributed by atoms with Crippen molar-refractivity contribution in [2.75, 3.05) is 19.0 Å². The second-order valence-corrected chi connectivity index (χ2v) is 5.19. The van der Waals surface area contributed by atoms with E-state index >= 15 is 0 Å². The maximum absolute atomic E-state index is 10.6. The van der Waals surface area contributed by atoms with Gasteiger partial charge in [0.1, 0.15) is 0 Å². The first-order valence-electron chi connectivity index (χ1n) is 6.85. The van der Waals surface area contributed by atoms with Gasteiger partial charge >= 0.3 is 0 Å². The summed E-state index contributed by atoms with van der Waals surface area (Å²) >= 11 is 0. The van der Waals surface area contributed by atoms with Crippen molar-refractivity contribution in [3.63, 3.8) is 0 Å². The van der Waals surface area contributed by atoms with E-state index in [1.807, 2.05) is 0 Å². The van der Waals surface area contributed by atoms with Crippen molar-refractivity contribution >= 4 is 11.4 Å². The van der Waals surface area contributed by atoms with Gasteiger partial charge in [0.15, 0.2) is 0 Å². The SMILES string of the molecule is CN(CNc1ccc([N+](=O)[O-])cc1)C1CCCCC1. The third-order valence-corrected chi connectivity index (χ3v) is 3.81. The van der Waals surface area contributed by atoms with Gasteiger partial charge in [-0.25, -0.2) is 0 Å². The average molecular weight is 263 g/mol. The molecule has 1 aliphatic rings. The van der Waals surface area contributed by atoms with Gasteiger partial charge in [-0.1, -0.05) is 19.3 Å². The van der Waals surface area contributed by atoms with E-state index in [0.717, 1.165) is 12.4 Å².